The summed E-state index contributed by atoms with van der Waals surface area (Å²) in [7, 11) is 0. The predicted molar refractivity (Wildman–Crippen MR) is 109 cm³/mol. The van der Waals surface area contributed by atoms with Crippen LogP contribution in [0.5, 0.6) is 0 Å². The lowest BCUT2D eigenvalue weighted by molar-refractivity contribution is 0.132. The number of nitriles is 1. The first-order valence-corrected chi connectivity index (χ1v) is 9.59. The quantitative estimate of drug-likeness (QED) is 0.711. The van der Waals surface area contributed by atoms with Crippen LogP contribution in [-0.2, 0) is 6.54 Å². The molecule has 4 rings (SSSR count). The molecule has 1 aliphatic rings. The largest absolute Gasteiger partial charge is 0.301 e. The van der Waals surface area contributed by atoms with Gasteiger partial charge in [-0.3, -0.25) is 9.88 Å². The van der Waals surface area contributed by atoms with E-state index in [4.69, 9.17) is 5.26 Å². The second-order valence-electron chi connectivity index (χ2n) is 7.15. The van der Waals surface area contributed by atoms with E-state index < -0.39 is 0 Å². The lowest BCUT2D eigenvalue weighted by atomic mass is 10.0. The molecule has 0 spiro atoms. The van der Waals surface area contributed by atoms with Gasteiger partial charge in [-0.2, -0.15) is 5.26 Å². The minimum atomic E-state index is 0.598. The number of likely N-dealkylation sites (N-methyl/N-ethyl adjacent to an activating group) is 1. The van der Waals surface area contributed by atoms with E-state index in [1.165, 1.54) is 11.1 Å². The van der Waals surface area contributed by atoms with Crippen molar-refractivity contribution in [3.8, 4) is 17.2 Å². The maximum absolute atomic E-state index is 9.03. The lowest BCUT2D eigenvalue weighted by Gasteiger charge is -2.34. The van der Waals surface area contributed by atoms with E-state index in [-0.39, 0.29) is 0 Å². The topological polar surface area (TPSA) is 43.2 Å². The zero-order valence-corrected chi connectivity index (χ0v) is 15.7. The fourth-order valence-electron chi connectivity index (χ4n) is 3.73. The Morgan fingerprint density at radius 1 is 0.963 bits per heavy atom. The van der Waals surface area contributed by atoms with Crippen LogP contribution in [-0.4, -0.2) is 47.5 Å². The highest BCUT2D eigenvalue weighted by Crippen LogP contribution is 2.25. The fourth-order valence-corrected chi connectivity index (χ4v) is 3.73. The average Bonchev–Trinajstić information content (AvgIpc) is 2.73. The second-order valence-corrected chi connectivity index (χ2v) is 7.15. The van der Waals surface area contributed by atoms with E-state index in [2.05, 4.69) is 70.2 Å². The predicted octanol–water partition coefficient (Wildman–Crippen LogP) is 3.91. The SMILES string of the molecule is CCN1CCN(Cc2cccc(-c3ccc4cc(C#N)cnc4c3)c2)CC1. The summed E-state index contributed by atoms with van der Waals surface area (Å²) in [6, 6.07) is 19.1. The highest BCUT2D eigenvalue weighted by Gasteiger charge is 2.15. The summed E-state index contributed by atoms with van der Waals surface area (Å²) in [6.07, 6.45) is 1.64. The number of hydrogen-bond donors (Lipinski definition) is 0. The molecule has 4 nitrogen and oxygen atoms in total. The molecule has 1 saturated heterocycles. The average molecular weight is 356 g/mol. The van der Waals surface area contributed by atoms with E-state index in [1.54, 1.807) is 6.20 Å². The first kappa shape index (κ1) is 17.7. The van der Waals surface area contributed by atoms with Crippen molar-refractivity contribution in [3.63, 3.8) is 0 Å². The van der Waals surface area contributed by atoms with E-state index >= 15 is 0 Å². The monoisotopic (exact) mass is 356 g/mol. The zero-order valence-electron chi connectivity index (χ0n) is 15.7. The van der Waals surface area contributed by atoms with Crippen LogP contribution in [0.4, 0.5) is 0 Å². The Kier molecular flexibility index (Phi) is 5.15. The van der Waals surface area contributed by atoms with Crippen LogP contribution in [0.3, 0.4) is 0 Å². The van der Waals surface area contributed by atoms with Crippen molar-refractivity contribution in [1.29, 1.82) is 5.26 Å². The lowest BCUT2D eigenvalue weighted by Crippen LogP contribution is -2.45. The summed E-state index contributed by atoms with van der Waals surface area (Å²) in [4.78, 5) is 9.48. The molecule has 2 heterocycles. The molecule has 1 aromatic heterocycles. The minimum Gasteiger partial charge on any atom is -0.301 e. The van der Waals surface area contributed by atoms with Crippen molar-refractivity contribution in [3.05, 3.63) is 65.9 Å². The molecule has 0 amide bonds. The molecule has 1 fully saturated rings. The molecule has 27 heavy (non-hydrogen) atoms. The Bertz CT molecular complexity index is 981. The molecular weight excluding hydrogens is 332 g/mol. The van der Waals surface area contributed by atoms with Crippen molar-refractivity contribution in [2.75, 3.05) is 32.7 Å². The molecule has 4 heteroatoms. The number of nitrogens with zero attached hydrogens (tertiary/aromatic N) is 4. The maximum Gasteiger partial charge on any atom is 0.101 e. The summed E-state index contributed by atoms with van der Waals surface area (Å²) in [5.74, 6) is 0. The number of benzene rings is 2. The zero-order chi connectivity index (χ0) is 18.6. The molecule has 3 aromatic rings. The van der Waals surface area contributed by atoms with Crippen molar-refractivity contribution >= 4 is 10.9 Å². The van der Waals surface area contributed by atoms with E-state index in [0.717, 1.165) is 55.7 Å². The van der Waals surface area contributed by atoms with Crippen LogP contribution in [0.2, 0.25) is 0 Å². The summed E-state index contributed by atoms with van der Waals surface area (Å²) < 4.78 is 0. The Morgan fingerprint density at radius 2 is 1.74 bits per heavy atom. The molecular formula is C23H24N4. The van der Waals surface area contributed by atoms with Gasteiger partial charge in [-0.15, -0.1) is 0 Å². The Morgan fingerprint density at radius 3 is 2.52 bits per heavy atom. The van der Waals surface area contributed by atoms with Crippen LogP contribution in [0.15, 0.2) is 54.7 Å². The van der Waals surface area contributed by atoms with Gasteiger partial charge in [0.2, 0.25) is 0 Å². The second kappa shape index (κ2) is 7.87. The summed E-state index contributed by atoms with van der Waals surface area (Å²) in [5, 5.41) is 10.0. The van der Waals surface area contributed by atoms with Crippen LogP contribution >= 0.6 is 0 Å². The van der Waals surface area contributed by atoms with Gasteiger partial charge in [0.25, 0.3) is 0 Å². The summed E-state index contributed by atoms with van der Waals surface area (Å²) in [5.41, 5.74) is 5.25. The Labute approximate surface area is 160 Å². The van der Waals surface area contributed by atoms with Gasteiger partial charge in [-0.1, -0.05) is 37.3 Å². The van der Waals surface area contributed by atoms with Crippen molar-refractivity contribution in [1.82, 2.24) is 14.8 Å². The Hall–Kier alpha value is -2.74. The Balaban J connectivity index is 1.54. The number of rotatable bonds is 4. The number of hydrogen-bond acceptors (Lipinski definition) is 4. The molecule has 1 aliphatic heterocycles. The van der Waals surface area contributed by atoms with E-state index in [1.807, 2.05) is 6.07 Å². The van der Waals surface area contributed by atoms with Gasteiger partial charge in [0.1, 0.15) is 6.07 Å². The first-order valence-electron chi connectivity index (χ1n) is 9.59. The fraction of sp³-hybridized carbons (Fsp3) is 0.304. The normalized spacial score (nSPS) is 15.7. The van der Waals surface area contributed by atoms with Crippen LogP contribution in [0, 0.1) is 11.3 Å². The highest BCUT2D eigenvalue weighted by atomic mass is 15.3. The summed E-state index contributed by atoms with van der Waals surface area (Å²) >= 11 is 0. The van der Waals surface area contributed by atoms with Crippen molar-refractivity contribution in [2.45, 2.75) is 13.5 Å². The third-order valence-electron chi connectivity index (χ3n) is 5.39. The van der Waals surface area contributed by atoms with Crippen LogP contribution in [0.25, 0.3) is 22.0 Å². The first-order chi connectivity index (χ1) is 13.2. The minimum absolute atomic E-state index is 0.598. The van der Waals surface area contributed by atoms with Crippen molar-refractivity contribution < 1.29 is 0 Å². The smallest absolute Gasteiger partial charge is 0.101 e. The standard InChI is InChI=1S/C23H24N4/c1-2-26-8-10-27(11-9-26)17-18-4-3-5-20(12-18)21-6-7-22-13-19(15-24)16-25-23(22)14-21/h3-7,12-14,16H,2,8-11,17H2,1H3. The molecule has 2 aromatic carbocycles. The van der Waals surface area contributed by atoms with Gasteiger partial charge < -0.3 is 4.90 Å². The van der Waals surface area contributed by atoms with Crippen LogP contribution < -0.4 is 0 Å². The summed E-state index contributed by atoms with van der Waals surface area (Å²) in [6.45, 7) is 8.99. The van der Waals surface area contributed by atoms with Crippen molar-refractivity contribution in [2.24, 2.45) is 0 Å². The van der Waals surface area contributed by atoms with Crippen LogP contribution in [0.1, 0.15) is 18.1 Å². The third-order valence-corrected chi connectivity index (χ3v) is 5.39. The molecule has 0 N–H and O–H groups in total. The molecule has 0 radical (unpaired) electrons. The number of piperazine rings is 1. The van der Waals surface area contributed by atoms with E-state index in [9.17, 15) is 0 Å². The number of fused-ring (bicyclic) bond motifs is 1. The highest BCUT2D eigenvalue weighted by molar-refractivity contribution is 5.85. The van der Waals surface area contributed by atoms with Gasteiger partial charge >= 0.3 is 0 Å². The molecule has 0 aliphatic carbocycles. The number of pyridine rings is 1. The van der Waals surface area contributed by atoms with Gasteiger partial charge in [0, 0.05) is 44.3 Å². The molecule has 0 saturated carbocycles. The number of aromatic nitrogens is 1. The van der Waals surface area contributed by atoms with E-state index in [0.29, 0.717) is 5.56 Å². The van der Waals surface area contributed by atoms with Gasteiger partial charge in [-0.05, 0) is 41.4 Å². The molecule has 0 unspecified atom stereocenters. The maximum atomic E-state index is 9.03. The molecule has 0 bridgehead atoms. The van der Waals surface area contributed by atoms with Gasteiger partial charge in [0.05, 0.1) is 11.1 Å². The van der Waals surface area contributed by atoms with Gasteiger partial charge in [0.15, 0.2) is 0 Å². The molecule has 136 valence electrons. The molecule has 0 atom stereocenters. The van der Waals surface area contributed by atoms with Gasteiger partial charge in [-0.25, -0.2) is 0 Å². The third kappa shape index (κ3) is 4.00.